The number of nitrogens with zero attached hydrogens (tertiary/aromatic N) is 2. The highest BCUT2D eigenvalue weighted by atomic mass is 16.4. The van der Waals surface area contributed by atoms with Crippen LogP contribution in [-0.4, -0.2) is 33.0 Å². The average Bonchev–Trinajstić information content (AvgIpc) is 3.06. The molecule has 5 rings (SSSR count). The quantitative estimate of drug-likeness (QED) is 0.557. The zero-order chi connectivity index (χ0) is 20.8. The number of rotatable bonds is 3. The monoisotopic (exact) mass is 398 g/mol. The van der Waals surface area contributed by atoms with Crippen LogP contribution in [0.15, 0.2) is 60.7 Å². The van der Waals surface area contributed by atoms with E-state index in [4.69, 9.17) is 0 Å². The number of benzene rings is 3. The molecule has 4 aromatic rings. The van der Waals surface area contributed by atoms with E-state index in [9.17, 15) is 14.7 Å². The van der Waals surface area contributed by atoms with Crippen molar-refractivity contribution < 1.29 is 14.7 Å². The van der Waals surface area contributed by atoms with Gasteiger partial charge in [-0.25, -0.2) is 0 Å². The van der Waals surface area contributed by atoms with Gasteiger partial charge >= 0.3 is 5.97 Å². The minimum atomic E-state index is -0.858. The molecule has 0 atom stereocenters. The minimum absolute atomic E-state index is 0.0324. The van der Waals surface area contributed by atoms with Gasteiger partial charge in [0, 0.05) is 41.7 Å². The fourth-order valence-corrected chi connectivity index (χ4v) is 4.71. The molecule has 0 radical (unpaired) electrons. The highest BCUT2D eigenvalue weighted by Gasteiger charge is 2.28. The van der Waals surface area contributed by atoms with Gasteiger partial charge in [-0.2, -0.15) is 0 Å². The maximum atomic E-state index is 13.6. The number of aryl methyl sites for hydroxylation is 1. The van der Waals surface area contributed by atoms with Gasteiger partial charge in [0.1, 0.15) is 6.54 Å². The Morgan fingerprint density at radius 2 is 1.70 bits per heavy atom. The predicted molar refractivity (Wildman–Crippen MR) is 117 cm³/mol. The molecule has 0 bridgehead atoms. The largest absolute Gasteiger partial charge is 0.480 e. The summed E-state index contributed by atoms with van der Waals surface area (Å²) in [5.41, 5.74) is 4.73. The van der Waals surface area contributed by atoms with Crippen molar-refractivity contribution >= 4 is 33.6 Å². The standard InChI is InChI=1S/C25H22N2O3/c1-16-10-11-17-6-2-3-7-18(17)24(16)25(30)26-13-12-22-20(14-26)19-8-4-5-9-21(19)27(22)15-23(28)29/h2-11H,12-15H2,1H3,(H,28,29). The van der Waals surface area contributed by atoms with E-state index in [2.05, 4.69) is 6.07 Å². The number of hydrogen-bond donors (Lipinski definition) is 1. The molecular formula is C25H22N2O3. The molecule has 5 heteroatoms. The van der Waals surface area contributed by atoms with Crippen LogP contribution >= 0.6 is 0 Å². The van der Waals surface area contributed by atoms with Gasteiger partial charge in [0.2, 0.25) is 0 Å². The molecule has 1 aliphatic heterocycles. The highest BCUT2D eigenvalue weighted by molar-refractivity contribution is 6.08. The fourth-order valence-electron chi connectivity index (χ4n) is 4.71. The van der Waals surface area contributed by atoms with E-state index in [-0.39, 0.29) is 12.5 Å². The molecule has 0 unspecified atom stereocenters. The highest BCUT2D eigenvalue weighted by Crippen LogP contribution is 2.32. The number of carbonyl (C=O) groups is 2. The van der Waals surface area contributed by atoms with E-state index >= 15 is 0 Å². The lowest BCUT2D eigenvalue weighted by Gasteiger charge is -2.29. The van der Waals surface area contributed by atoms with E-state index in [1.165, 1.54) is 0 Å². The van der Waals surface area contributed by atoms with Gasteiger partial charge < -0.3 is 14.6 Å². The Morgan fingerprint density at radius 1 is 0.967 bits per heavy atom. The van der Waals surface area contributed by atoms with E-state index in [1.54, 1.807) is 0 Å². The normalized spacial score (nSPS) is 13.6. The molecule has 1 N–H and O–H groups in total. The molecule has 1 aromatic heterocycles. The number of aromatic nitrogens is 1. The van der Waals surface area contributed by atoms with Crippen molar-refractivity contribution in [2.24, 2.45) is 0 Å². The number of carboxylic acid groups (broad SMARTS) is 1. The summed E-state index contributed by atoms with van der Waals surface area (Å²) >= 11 is 0. The molecule has 1 amide bonds. The van der Waals surface area contributed by atoms with Crippen molar-refractivity contribution in [1.82, 2.24) is 9.47 Å². The summed E-state index contributed by atoms with van der Waals surface area (Å²) in [5.74, 6) is -0.826. The third kappa shape index (κ3) is 2.86. The smallest absolute Gasteiger partial charge is 0.323 e. The second kappa shape index (κ2) is 7.02. The predicted octanol–water partition coefficient (Wildman–Crippen LogP) is 4.39. The van der Waals surface area contributed by atoms with Crippen LogP contribution in [0.25, 0.3) is 21.7 Å². The molecule has 2 heterocycles. The van der Waals surface area contributed by atoms with Gasteiger partial charge in [-0.15, -0.1) is 0 Å². The van der Waals surface area contributed by atoms with Crippen LogP contribution in [-0.2, 0) is 24.3 Å². The third-order valence-electron chi connectivity index (χ3n) is 6.09. The van der Waals surface area contributed by atoms with Crippen LogP contribution in [0.3, 0.4) is 0 Å². The third-order valence-corrected chi connectivity index (χ3v) is 6.09. The maximum Gasteiger partial charge on any atom is 0.323 e. The van der Waals surface area contributed by atoms with E-state index in [1.807, 2.05) is 71.0 Å². The van der Waals surface area contributed by atoms with Crippen molar-refractivity contribution in [2.75, 3.05) is 6.54 Å². The number of carboxylic acids is 1. The van der Waals surface area contributed by atoms with Gasteiger partial charge in [-0.3, -0.25) is 9.59 Å². The second-order valence-electron chi connectivity index (χ2n) is 7.88. The van der Waals surface area contributed by atoms with Gasteiger partial charge in [0.05, 0.1) is 5.56 Å². The molecule has 0 aliphatic carbocycles. The van der Waals surface area contributed by atoms with Crippen molar-refractivity contribution in [3.8, 4) is 0 Å². The average molecular weight is 398 g/mol. The summed E-state index contributed by atoms with van der Waals surface area (Å²) in [6.45, 7) is 2.98. The van der Waals surface area contributed by atoms with E-state index < -0.39 is 5.97 Å². The van der Waals surface area contributed by atoms with E-state index in [0.717, 1.165) is 44.1 Å². The zero-order valence-corrected chi connectivity index (χ0v) is 16.8. The van der Waals surface area contributed by atoms with Crippen molar-refractivity contribution in [1.29, 1.82) is 0 Å². The molecule has 5 nitrogen and oxygen atoms in total. The Morgan fingerprint density at radius 3 is 2.50 bits per heavy atom. The number of hydrogen-bond acceptors (Lipinski definition) is 2. The van der Waals surface area contributed by atoms with Gasteiger partial charge in [0.25, 0.3) is 5.91 Å². The number of aliphatic carboxylic acids is 1. The first-order chi connectivity index (χ1) is 14.5. The first-order valence-electron chi connectivity index (χ1n) is 10.1. The van der Waals surface area contributed by atoms with Crippen LogP contribution in [0.2, 0.25) is 0 Å². The lowest BCUT2D eigenvalue weighted by atomic mass is 9.97. The lowest BCUT2D eigenvalue weighted by Crippen LogP contribution is -2.37. The van der Waals surface area contributed by atoms with Crippen LogP contribution < -0.4 is 0 Å². The van der Waals surface area contributed by atoms with Gasteiger partial charge in [-0.1, -0.05) is 54.6 Å². The van der Waals surface area contributed by atoms with Gasteiger partial charge in [-0.05, 0) is 29.3 Å². The topological polar surface area (TPSA) is 62.5 Å². The fraction of sp³-hybridized carbons (Fsp3) is 0.200. The van der Waals surface area contributed by atoms with Gasteiger partial charge in [0.15, 0.2) is 0 Å². The molecule has 1 aliphatic rings. The van der Waals surface area contributed by atoms with Crippen molar-refractivity contribution in [3.05, 3.63) is 83.0 Å². The Bertz CT molecular complexity index is 1320. The minimum Gasteiger partial charge on any atom is -0.480 e. The number of fused-ring (bicyclic) bond motifs is 4. The molecular weight excluding hydrogens is 376 g/mol. The van der Waals surface area contributed by atoms with E-state index in [0.29, 0.717) is 19.5 Å². The molecule has 0 saturated heterocycles. The first kappa shape index (κ1) is 18.4. The molecule has 0 spiro atoms. The summed E-state index contributed by atoms with van der Waals surface area (Å²) in [6.07, 6.45) is 0.646. The van der Waals surface area contributed by atoms with Crippen LogP contribution in [0.4, 0.5) is 0 Å². The summed E-state index contributed by atoms with van der Waals surface area (Å²) in [5, 5.41) is 12.4. The number of carbonyl (C=O) groups excluding carboxylic acids is 1. The Balaban J connectivity index is 1.58. The van der Waals surface area contributed by atoms with Crippen molar-refractivity contribution in [2.45, 2.75) is 26.4 Å². The SMILES string of the molecule is Cc1ccc2ccccc2c1C(=O)N1CCc2c(c3ccccc3n2CC(=O)O)C1. The molecule has 30 heavy (non-hydrogen) atoms. The first-order valence-corrected chi connectivity index (χ1v) is 10.1. The summed E-state index contributed by atoms with van der Waals surface area (Å²) in [6, 6.07) is 19.9. The van der Waals surface area contributed by atoms with Crippen LogP contribution in [0.5, 0.6) is 0 Å². The Labute approximate surface area is 174 Å². The number of amides is 1. The Hall–Kier alpha value is -3.60. The summed E-state index contributed by atoms with van der Waals surface area (Å²) in [7, 11) is 0. The molecule has 0 fully saturated rings. The summed E-state index contributed by atoms with van der Waals surface area (Å²) in [4.78, 5) is 26.9. The van der Waals surface area contributed by atoms with Crippen molar-refractivity contribution in [3.63, 3.8) is 0 Å². The second-order valence-corrected chi connectivity index (χ2v) is 7.88. The molecule has 3 aromatic carbocycles. The van der Waals surface area contributed by atoms with Crippen LogP contribution in [0.1, 0.15) is 27.2 Å². The number of para-hydroxylation sites is 1. The Kier molecular flexibility index (Phi) is 4.31. The maximum absolute atomic E-state index is 13.6. The molecule has 0 saturated carbocycles. The zero-order valence-electron chi connectivity index (χ0n) is 16.8. The lowest BCUT2D eigenvalue weighted by molar-refractivity contribution is -0.137. The molecule has 150 valence electrons. The summed E-state index contributed by atoms with van der Waals surface area (Å²) < 4.78 is 1.89. The van der Waals surface area contributed by atoms with Crippen LogP contribution in [0, 0.1) is 6.92 Å².